The van der Waals surface area contributed by atoms with Crippen LogP contribution in [0.15, 0.2) is 70.3 Å². The Morgan fingerprint density at radius 1 is 0.671 bits per heavy atom. The number of alkyl halides is 6. The molecule has 21 nitrogen and oxygen atoms in total. The normalized spacial score (nSPS) is 15.6. The number of esters is 1. The molecule has 412 valence electrons. The third kappa shape index (κ3) is 23.1. The van der Waals surface area contributed by atoms with E-state index in [2.05, 4.69) is 20.6 Å². The molecule has 0 unspecified atom stereocenters. The molecular formula is C42H57F8N7O14S2. The van der Waals surface area contributed by atoms with Crippen LogP contribution in [0.5, 0.6) is 11.8 Å². The number of hydrogen-bond donors (Lipinski definition) is 5. The Bertz CT molecular complexity index is 2380. The fourth-order valence-electron chi connectivity index (χ4n) is 5.91. The number of carbonyl (C=O) groups is 5. The third-order valence-electron chi connectivity index (χ3n) is 9.77. The van der Waals surface area contributed by atoms with Gasteiger partial charge < -0.3 is 40.8 Å². The summed E-state index contributed by atoms with van der Waals surface area (Å²) in [4.78, 5) is 61.0. The van der Waals surface area contributed by atoms with Crippen molar-refractivity contribution in [3.05, 3.63) is 60.5 Å². The molecule has 4 rings (SSSR count). The molecule has 2 aromatic heterocycles. The molecule has 73 heavy (non-hydrogen) atoms. The Hall–Kier alpha value is -6.05. The van der Waals surface area contributed by atoms with Crippen LogP contribution >= 0.6 is 0 Å². The van der Waals surface area contributed by atoms with E-state index in [1.165, 1.54) is 45.3 Å². The number of aliphatic carboxylic acids is 2. The van der Waals surface area contributed by atoms with Crippen LogP contribution in [-0.2, 0) is 48.8 Å². The molecule has 0 atom stereocenters. The molecule has 6 N–H and O–H groups in total. The maximum absolute atomic E-state index is 13.2. The van der Waals surface area contributed by atoms with E-state index in [4.69, 9.17) is 39.7 Å². The number of rotatable bonds is 16. The van der Waals surface area contributed by atoms with Crippen LogP contribution in [0.4, 0.5) is 35.1 Å². The average Bonchev–Trinajstić information content (AvgIpc) is 3.33. The lowest BCUT2D eigenvalue weighted by atomic mass is 9.97. The number of sulfonamides is 2. The summed E-state index contributed by atoms with van der Waals surface area (Å²) in [6.45, 7) is 6.15. The molecule has 2 fully saturated rings. The second kappa shape index (κ2) is 29.6. The second-order valence-corrected chi connectivity index (χ2v) is 20.1. The lowest BCUT2D eigenvalue weighted by Crippen LogP contribution is -2.42. The predicted octanol–water partition coefficient (Wildman–Crippen LogP) is 4.27. The molecule has 0 spiro atoms. The van der Waals surface area contributed by atoms with Crippen molar-refractivity contribution >= 4 is 49.8 Å². The van der Waals surface area contributed by atoms with Crippen LogP contribution in [0.25, 0.3) is 0 Å². The topological polar surface area (TPSA) is 304 Å². The van der Waals surface area contributed by atoms with Gasteiger partial charge in [0.1, 0.15) is 28.6 Å². The zero-order valence-corrected chi connectivity index (χ0v) is 41.6. The lowest BCUT2D eigenvalue weighted by Gasteiger charge is -2.30. The van der Waals surface area contributed by atoms with Gasteiger partial charge in [-0.05, 0) is 70.6 Å². The highest BCUT2D eigenvalue weighted by Gasteiger charge is 2.39. The number of amides is 2. The van der Waals surface area contributed by atoms with Gasteiger partial charge in [-0.15, -0.1) is 0 Å². The van der Waals surface area contributed by atoms with Crippen molar-refractivity contribution < 1.29 is 100 Å². The molecule has 4 heterocycles. The van der Waals surface area contributed by atoms with Gasteiger partial charge in [0.15, 0.2) is 0 Å². The summed E-state index contributed by atoms with van der Waals surface area (Å²) in [5.41, 5.74) is 5.23. The van der Waals surface area contributed by atoms with Crippen molar-refractivity contribution in [2.24, 2.45) is 17.6 Å². The Balaban J connectivity index is 0.000000586. The van der Waals surface area contributed by atoms with Gasteiger partial charge in [0.05, 0.1) is 25.1 Å². The highest BCUT2D eigenvalue weighted by atomic mass is 32.2. The van der Waals surface area contributed by atoms with Crippen LogP contribution in [-0.4, -0.2) is 153 Å². The summed E-state index contributed by atoms with van der Waals surface area (Å²) < 4.78 is 159. The van der Waals surface area contributed by atoms with Crippen LogP contribution < -0.4 is 25.8 Å². The molecule has 0 saturated carbocycles. The molecule has 0 aliphatic carbocycles. The number of hydrogen-bond acceptors (Lipinski definition) is 15. The second-order valence-electron chi connectivity index (χ2n) is 16.3. The molecule has 31 heteroatoms. The van der Waals surface area contributed by atoms with Crippen molar-refractivity contribution in [3.63, 3.8) is 0 Å². The number of nitrogens with zero attached hydrogens (tertiary/aromatic N) is 4. The Morgan fingerprint density at radius 3 is 1.27 bits per heavy atom. The Labute approximate surface area is 415 Å². The van der Waals surface area contributed by atoms with Gasteiger partial charge in [0.25, 0.3) is 0 Å². The maximum Gasteiger partial charge on any atom is 0.490 e. The fraction of sp³-hybridized carbons (Fsp3) is 0.548. The first-order valence-electron chi connectivity index (χ1n) is 21.5. The van der Waals surface area contributed by atoms with E-state index in [9.17, 15) is 66.3 Å². The molecule has 2 aromatic rings. The van der Waals surface area contributed by atoms with E-state index in [1.807, 2.05) is 0 Å². The number of carboxylic acid groups (broad SMARTS) is 2. The van der Waals surface area contributed by atoms with E-state index in [0.29, 0.717) is 38.3 Å². The van der Waals surface area contributed by atoms with Gasteiger partial charge in [-0.3, -0.25) is 14.4 Å². The minimum absolute atomic E-state index is 0.0115. The number of piperidine rings is 2. The minimum atomic E-state index is -5.08. The summed E-state index contributed by atoms with van der Waals surface area (Å²) >= 11 is 0. The van der Waals surface area contributed by atoms with Gasteiger partial charge in [-0.1, -0.05) is 0 Å². The first kappa shape index (κ1) is 65.0. The van der Waals surface area contributed by atoms with E-state index in [0.717, 1.165) is 0 Å². The van der Waals surface area contributed by atoms with Gasteiger partial charge in [0, 0.05) is 82.8 Å². The van der Waals surface area contributed by atoms with E-state index in [-0.39, 0.29) is 115 Å². The lowest BCUT2D eigenvalue weighted by molar-refractivity contribution is -0.193. The number of carbonyl (C=O) groups excluding carboxylic acids is 3. The number of halogens is 8. The number of aromatic nitrogens is 2. The SMILES string of the molecule is CNC(=O)C1CCN(S(=O)(=O)c2ccc(OC/C(=C/F)CN)nc2)CC1.CNC(=O)C1CCN(S(=O)(=O)c2ccc(OCC(=CF)CCC(=O)OC(C)(C)C)nc2)CC1.O=C(O)C(F)(F)F.O=C(O)C(F)(F)F. The third-order valence-corrected chi connectivity index (χ3v) is 13.5. The molecule has 0 radical (unpaired) electrons. The first-order valence-corrected chi connectivity index (χ1v) is 24.3. The van der Waals surface area contributed by atoms with Crippen molar-refractivity contribution in [3.8, 4) is 11.8 Å². The fourth-order valence-corrected chi connectivity index (χ4v) is 8.75. The number of pyridine rings is 2. The molecule has 2 aliphatic rings. The number of carboxylic acids is 2. The summed E-state index contributed by atoms with van der Waals surface area (Å²) in [5.74, 6) is -6.15. The van der Waals surface area contributed by atoms with Gasteiger partial charge in [-0.2, -0.15) is 35.0 Å². The molecule has 2 aliphatic heterocycles. The van der Waals surface area contributed by atoms with E-state index < -0.39 is 55.9 Å². The van der Waals surface area contributed by atoms with Crippen LogP contribution in [0.1, 0.15) is 59.3 Å². The number of nitrogens with two attached hydrogens (primary N) is 1. The number of nitrogens with one attached hydrogen (secondary N) is 2. The largest absolute Gasteiger partial charge is 0.490 e. The van der Waals surface area contributed by atoms with Crippen molar-refractivity contribution in [2.45, 2.75) is 87.0 Å². The monoisotopic (exact) mass is 1100 g/mol. The van der Waals surface area contributed by atoms with Crippen molar-refractivity contribution in [2.75, 3.05) is 60.0 Å². The van der Waals surface area contributed by atoms with E-state index >= 15 is 0 Å². The van der Waals surface area contributed by atoms with Crippen LogP contribution in [0.3, 0.4) is 0 Å². The van der Waals surface area contributed by atoms with Crippen molar-refractivity contribution in [1.29, 1.82) is 0 Å². The Kier molecular flexibility index (Phi) is 26.3. The standard InChI is InChI=1S/C22H32FN3O6S.C16H23FN4O4S.2C2HF3O2/c1-22(2,3)32-20(27)8-5-16(13-23)15-31-19-7-6-18(14-25-19)33(29,30)26-11-9-17(10-12-26)21(28)24-4;1-19-16(22)13-4-6-21(7-5-13)26(23,24)14-2-3-15(20-10-14)25-11-12(8-17)9-18;2*3-2(4,5)1(6)7/h6-7,13-14,17H,5,8-12,15H2,1-4H3,(H,24,28);2-3,8,10,13H,4-7,9,11,18H2,1H3,(H,19,22);2*(H,6,7)/b;12-8+;;. The van der Waals surface area contributed by atoms with E-state index in [1.54, 1.807) is 34.9 Å². The van der Waals surface area contributed by atoms with Gasteiger partial charge in [-0.25, -0.2) is 45.2 Å². The molecule has 2 saturated heterocycles. The van der Waals surface area contributed by atoms with Gasteiger partial charge in [0.2, 0.25) is 43.6 Å². The zero-order chi connectivity index (χ0) is 56.0. The quantitative estimate of drug-likeness (QED) is 0.116. The maximum atomic E-state index is 13.2. The van der Waals surface area contributed by atoms with Crippen LogP contribution in [0.2, 0.25) is 0 Å². The molecule has 0 aromatic carbocycles. The smallest absolute Gasteiger partial charge is 0.475 e. The Morgan fingerprint density at radius 2 is 1.01 bits per heavy atom. The molecular weight excluding hydrogens is 1040 g/mol. The highest BCUT2D eigenvalue weighted by molar-refractivity contribution is 7.89. The summed E-state index contributed by atoms with van der Waals surface area (Å²) in [5, 5.41) is 19.4. The minimum Gasteiger partial charge on any atom is -0.475 e. The summed E-state index contributed by atoms with van der Waals surface area (Å²) in [6.07, 6.45) is -5.01. The summed E-state index contributed by atoms with van der Waals surface area (Å²) in [6, 6.07) is 5.58. The summed E-state index contributed by atoms with van der Waals surface area (Å²) in [7, 11) is -4.29. The van der Waals surface area contributed by atoms with Crippen LogP contribution in [0, 0.1) is 11.8 Å². The predicted molar refractivity (Wildman–Crippen MR) is 240 cm³/mol. The average molecular weight is 1100 g/mol. The number of ether oxygens (including phenoxy) is 3. The molecule has 0 bridgehead atoms. The van der Waals surface area contributed by atoms with Crippen molar-refractivity contribution in [1.82, 2.24) is 29.2 Å². The molecule has 2 amide bonds. The highest BCUT2D eigenvalue weighted by Crippen LogP contribution is 2.26. The van der Waals surface area contributed by atoms with Gasteiger partial charge >= 0.3 is 30.3 Å². The zero-order valence-electron chi connectivity index (χ0n) is 40.0. The first-order chi connectivity index (χ1) is 33.8.